The van der Waals surface area contributed by atoms with E-state index >= 15 is 0 Å². The van der Waals surface area contributed by atoms with Crippen molar-refractivity contribution in [3.05, 3.63) is 23.8 Å². The van der Waals surface area contributed by atoms with E-state index in [0.717, 1.165) is 19.1 Å². The minimum absolute atomic E-state index is 0.0858. The molecule has 19 heavy (non-hydrogen) atoms. The molecule has 104 valence electrons. The van der Waals surface area contributed by atoms with Crippen LogP contribution in [0.5, 0.6) is 0 Å². The standard InChI is InChI=1S/C13H18N2O3S/c1-3-15(11-4-5-11)13(16)9-6-10(14)8-12(7-9)19(2,17)18/h6-8,11H,3-5,14H2,1-2H3. The van der Waals surface area contributed by atoms with Crippen molar-refractivity contribution in [2.24, 2.45) is 0 Å². The van der Waals surface area contributed by atoms with E-state index in [1.807, 2.05) is 6.92 Å². The normalized spacial score (nSPS) is 15.3. The Hall–Kier alpha value is -1.56. The Bertz CT molecular complexity index is 606. The van der Waals surface area contributed by atoms with E-state index in [1.165, 1.54) is 18.2 Å². The van der Waals surface area contributed by atoms with Crippen molar-refractivity contribution in [2.45, 2.75) is 30.7 Å². The fourth-order valence-corrected chi connectivity index (χ4v) is 2.77. The van der Waals surface area contributed by atoms with E-state index in [0.29, 0.717) is 18.2 Å². The van der Waals surface area contributed by atoms with Crippen molar-refractivity contribution in [1.82, 2.24) is 4.90 Å². The summed E-state index contributed by atoms with van der Waals surface area (Å²) in [6, 6.07) is 4.60. The van der Waals surface area contributed by atoms with Crippen LogP contribution in [-0.4, -0.2) is 38.1 Å². The third-order valence-electron chi connectivity index (χ3n) is 3.19. The highest BCUT2D eigenvalue weighted by molar-refractivity contribution is 7.90. The number of benzene rings is 1. The molecule has 1 aliphatic rings. The van der Waals surface area contributed by atoms with Gasteiger partial charge in [-0.3, -0.25) is 4.79 Å². The SMILES string of the molecule is CCN(C(=O)c1cc(N)cc(S(C)(=O)=O)c1)C1CC1. The molecular formula is C13H18N2O3S. The molecule has 1 saturated carbocycles. The fraction of sp³-hybridized carbons (Fsp3) is 0.462. The van der Waals surface area contributed by atoms with Gasteiger partial charge in [-0.1, -0.05) is 0 Å². The van der Waals surface area contributed by atoms with E-state index in [4.69, 9.17) is 5.73 Å². The number of anilines is 1. The van der Waals surface area contributed by atoms with Crippen molar-refractivity contribution in [3.63, 3.8) is 0 Å². The highest BCUT2D eigenvalue weighted by atomic mass is 32.2. The summed E-state index contributed by atoms with van der Waals surface area (Å²) in [6.45, 7) is 2.53. The highest BCUT2D eigenvalue weighted by Crippen LogP contribution is 2.28. The fourth-order valence-electron chi connectivity index (χ4n) is 2.08. The van der Waals surface area contributed by atoms with Gasteiger partial charge in [-0.05, 0) is 38.0 Å². The summed E-state index contributed by atoms with van der Waals surface area (Å²) < 4.78 is 23.1. The Morgan fingerprint density at radius 1 is 1.37 bits per heavy atom. The molecule has 0 heterocycles. The molecule has 1 amide bonds. The Balaban J connectivity index is 2.39. The third kappa shape index (κ3) is 3.07. The van der Waals surface area contributed by atoms with Gasteiger partial charge in [0.25, 0.3) is 5.91 Å². The first-order valence-corrected chi connectivity index (χ1v) is 8.13. The molecule has 1 aliphatic carbocycles. The molecule has 0 bridgehead atoms. The van der Waals surface area contributed by atoms with E-state index in [2.05, 4.69) is 0 Å². The molecule has 2 rings (SSSR count). The van der Waals surface area contributed by atoms with Crippen LogP contribution in [-0.2, 0) is 9.84 Å². The summed E-state index contributed by atoms with van der Waals surface area (Å²) in [5.41, 5.74) is 6.32. The van der Waals surface area contributed by atoms with E-state index < -0.39 is 9.84 Å². The highest BCUT2D eigenvalue weighted by Gasteiger charge is 2.32. The lowest BCUT2D eigenvalue weighted by Gasteiger charge is -2.20. The molecule has 1 aromatic rings. The molecule has 1 aromatic carbocycles. The molecule has 0 unspecified atom stereocenters. The number of hydrogen-bond acceptors (Lipinski definition) is 4. The monoisotopic (exact) mass is 282 g/mol. The zero-order chi connectivity index (χ0) is 14.2. The zero-order valence-corrected chi connectivity index (χ0v) is 11.9. The second kappa shape index (κ2) is 4.85. The van der Waals surface area contributed by atoms with Crippen LogP contribution in [0.3, 0.4) is 0 Å². The van der Waals surface area contributed by atoms with Crippen LogP contribution in [0.15, 0.2) is 23.1 Å². The Kier molecular flexibility index (Phi) is 3.54. The van der Waals surface area contributed by atoms with Crippen LogP contribution in [0.2, 0.25) is 0 Å². The molecule has 0 aromatic heterocycles. The first kappa shape index (κ1) is 13.9. The summed E-state index contributed by atoms with van der Waals surface area (Å²) in [5, 5.41) is 0. The van der Waals surface area contributed by atoms with Gasteiger partial charge < -0.3 is 10.6 Å². The van der Waals surface area contributed by atoms with Crippen molar-refractivity contribution in [1.29, 1.82) is 0 Å². The summed E-state index contributed by atoms with van der Waals surface area (Å²) in [7, 11) is -3.37. The molecule has 5 nitrogen and oxygen atoms in total. The number of carbonyl (C=O) groups excluding carboxylic acids is 1. The average Bonchev–Trinajstić information content (AvgIpc) is 3.12. The molecule has 6 heteroatoms. The number of sulfone groups is 1. The van der Waals surface area contributed by atoms with E-state index in [9.17, 15) is 13.2 Å². The van der Waals surface area contributed by atoms with Crippen molar-refractivity contribution >= 4 is 21.4 Å². The van der Waals surface area contributed by atoms with Crippen LogP contribution in [0.1, 0.15) is 30.1 Å². The molecule has 2 N–H and O–H groups in total. The summed E-state index contributed by atoms with van der Waals surface area (Å²) in [5.74, 6) is -0.151. The van der Waals surface area contributed by atoms with Gasteiger partial charge >= 0.3 is 0 Å². The number of nitrogens with two attached hydrogens (primary N) is 1. The predicted octanol–water partition coefficient (Wildman–Crippen LogP) is 1.30. The van der Waals surface area contributed by atoms with Gasteiger partial charge in [-0.25, -0.2) is 8.42 Å². The number of nitrogens with zero attached hydrogens (tertiary/aromatic N) is 1. The largest absolute Gasteiger partial charge is 0.399 e. The predicted molar refractivity (Wildman–Crippen MR) is 73.7 cm³/mol. The second-order valence-corrected chi connectivity index (χ2v) is 6.90. The molecular weight excluding hydrogens is 264 g/mol. The maximum atomic E-state index is 12.4. The number of nitrogen functional groups attached to an aromatic ring is 1. The Morgan fingerprint density at radius 2 is 2.00 bits per heavy atom. The van der Waals surface area contributed by atoms with Gasteiger partial charge in [0.2, 0.25) is 0 Å². The van der Waals surface area contributed by atoms with E-state index in [-0.39, 0.29) is 16.5 Å². The van der Waals surface area contributed by atoms with Gasteiger partial charge in [0.05, 0.1) is 4.90 Å². The molecule has 0 atom stereocenters. The molecule has 0 saturated heterocycles. The topological polar surface area (TPSA) is 80.5 Å². The van der Waals surface area contributed by atoms with Crippen molar-refractivity contribution in [3.8, 4) is 0 Å². The van der Waals surface area contributed by atoms with Crippen LogP contribution < -0.4 is 5.73 Å². The lowest BCUT2D eigenvalue weighted by atomic mass is 10.1. The summed E-state index contributed by atoms with van der Waals surface area (Å²) in [4.78, 5) is 14.2. The second-order valence-electron chi connectivity index (χ2n) is 4.89. The maximum Gasteiger partial charge on any atom is 0.254 e. The van der Waals surface area contributed by atoms with Crippen LogP contribution >= 0.6 is 0 Å². The zero-order valence-electron chi connectivity index (χ0n) is 11.1. The van der Waals surface area contributed by atoms with Crippen LogP contribution in [0.25, 0.3) is 0 Å². The summed E-state index contributed by atoms with van der Waals surface area (Å²) in [6.07, 6.45) is 3.14. The van der Waals surface area contributed by atoms with E-state index in [1.54, 1.807) is 4.90 Å². The number of amides is 1. The lowest BCUT2D eigenvalue weighted by Crippen LogP contribution is -2.33. The quantitative estimate of drug-likeness (QED) is 0.844. The van der Waals surface area contributed by atoms with Gasteiger partial charge in [-0.15, -0.1) is 0 Å². The summed E-state index contributed by atoms with van der Waals surface area (Å²) >= 11 is 0. The number of rotatable bonds is 4. The average molecular weight is 282 g/mol. The maximum absolute atomic E-state index is 12.4. The Labute approximate surface area is 113 Å². The van der Waals surface area contributed by atoms with Crippen molar-refractivity contribution < 1.29 is 13.2 Å². The van der Waals surface area contributed by atoms with Gasteiger partial charge in [0.1, 0.15) is 0 Å². The van der Waals surface area contributed by atoms with Gasteiger partial charge in [-0.2, -0.15) is 0 Å². The molecule has 0 spiro atoms. The number of hydrogen-bond donors (Lipinski definition) is 1. The van der Waals surface area contributed by atoms with Crippen molar-refractivity contribution in [2.75, 3.05) is 18.5 Å². The third-order valence-corrected chi connectivity index (χ3v) is 4.29. The van der Waals surface area contributed by atoms with Crippen LogP contribution in [0, 0.1) is 0 Å². The van der Waals surface area contributed by atoms with Crippen LogP contribution in [0.4, 0.5) is 5.69 Å². The lowest BCUT2D eigenvalue weighted by molar-refractivity contribution is 0.0752. The van der Waals surface area contributed by atoms with Gasteiger partial charge in [0.15, 0.2) is 9.84 Å². The first-order chi connectivity index (χ1) is 8.82. The van der Waals surface area contributed by atoms with Gasteiger partial charge in [0, 0.05) is 30.1 Å². The minimum atomic E-state index is -3.37. The number of carbonyl (C=O) groups is 1. The minimum Gasteiger partial charge on any atom is -0.399 e. The molecule has 0 aliphatic heterocycles. The first-order valence-electron chi connectivity index (χ1n) is 6.24. The molecule has 0 radical (unpaired) electrons. The molecule has 1 fully saturated rings. The Morgan fingerprint density at radius 3 is 2.47 bits per heavy atom. The smallest absolute Gasteiger partial charge is 0.254 e.